The van der Waals surface area contributed by atoms with Crippen LogP contribution in [0.3, 0.4) is 0 Å². The maximum atomic E-state index is 12.2. The van der Waals surface area contributed by atoms with Gasteiger partial charge in [0.25, 0.3) is 5.91 Å². The first kappa shape index (κ1) is 20.2. The number of carbonyl (C=O) groups is 1. The molecule has 1 aromatic carbocycles. The maximum Gasteiger partial charge on any atom is 0.261 e. The van der Waals surface area contributed by atoms with Crippen molar-refractivity contribution in [2.24, 2.45) is 0 Å². The Labute approximate surface area is 162 Å². The third kappa shape index (κ3) is 5.20. The number of sulfone groups is 1. The van der Waals surface area contributed by atoms with E-state index in [1.165, 1.54) is 11.3 Å². The van der Waals surface area contributed by atoms with Crippen molar-refractivity contribution in [3.05, 3.63) is 45.3 Å². The lowest BCUT2D eigenvalue weighted by molar-refractivity contribution is 0.0960. The van der Waals surface area contributed by atoms with E-state index in [1.807, 2.05) is 6.07 Å². The normalized spacial score (nSPS) is 12.2. The smallest absolute Gasteiger partial charge is 0.261 e. The van der Waals surface area contributed by atoms with Gasteiger partial charge in [-0.05, 0) is 56.7 Å². The molecule has 1 heterocycles. The molecule has 0 atom stereocenters. The summed E-state index contributed by atoms with van der Waals surface area (Å²) in [6.07, 6.45) is 0. The van der Waals surface area contributed by atoms with Crippen LogP contribution in [-0.4, -0.2) is 31.4 Å². The summed E-state index contributed by atoms with van der Waals surface area (Å²) >= 11 is 13.3. The van der Waals surface area contributed by atoms with Gasteiger partial charge in [-0.15, -0.1) is 11.3 Å². The monoisotopic (exact) mass is 419 g/mol. The Bertz CT molecular complexity index is 863. The molecule has 0 radical (unpaired) electrons. The third-order valence-electron chi connectivity index (χ3n) is 3.57. The van der Waals surface area contributed by atoms with Crippen LogP contribution in [0.2, 0.25) is 10.0 Å². The first-order chi connectivity index (χ1) is 11.5. The van der Waals surface area contributed by atoms with Gasteiger partial charge >= 0.3 is 0 Å². The van der Waals surface area contributed by atoms with Crippen molar-refractivity contribution >= 4 is 50.3 Å². The molecule has 0 unspecified atom stereocenters. The molecule has 136 valence electrons. The van der Waals surface area contributed by atoms with Crippen LogP contribution < -0.4 is 5.32 Å². The number of carbonyl (C=O) groups excluding carboxylic acids is 1. The molecule has 0 aliphatic rings. The van der Waals surface area contributed by atoms with E-state index in [9.17, 15) is 13.2 Å². The molecular formula is C17H19Cl2NO3S2. The van der Waals surface area contributed by atoms with Crippen LogP contribution in [0.15, 0.2) is 30.3 Å². The standard InChI is InChI=1S/C17H19Cl2NO3S2/c1-17(2,3)25(22,23)7-6-20-16(21)15-5-4-14(24-15)11-8-12(18)10-13(19)9-11/h4-5,8-10H,6-7H2,1-3H3,(H,20,21). The van der Waals surface area contributed by atoms with Gasteiger partial charge in [-0.3, -0.25) is 4.79 Å². The Kier molecular flexibility index (Phi) is 6.20. The zero-order valence-corrected chi connectivity index (χ0v) is 17.2. The number of thiophene rings is 1. The molecule has 0 aliphatic carbocycles. The van der Waals surface area contributed by atoms with Gasteiger partial charge in [0.05, 0.1) is 15.4 Å². The van der Waals surface area contributed by atoms with Crippen LogP contribution in [0.1, 0.15) is 30.4 Å². The molecule has 4 nitrogen and oxygen atoms in total. The van der Waals surface area contributed by atoms with Gasteiger partial charge in [-0.1, -0.05) is 23.2 Å². The summed E-state index contributed by atoms with van der Waals surface area (Å²) in [5, 5.41) is 3.70. The van der Waals surface area contributed by atoms with Crippen molar-refractivity contribution < 1.29 is 13.2 Å². The summed E-state index contributed by atoms with van der Waals surface area (Å²) in [7, 11) is -3.26. The van der Waals surface area contributed by atoms with Gasteiger partial charge in [0.2, 0.25) is 0 Å². The first-order valence-electron chi connectivity index (χ1n) is 7.56. The molecular weight excluding hydrogens is 401 g/mol. The van der Waals surface area contributed by atoms with E-state index < -0.39 is 14.6 Å². The van der Waals surface area contributed by atoms with Crippen molar-refractivity contribution in [1.29, 1.82) is 0 Å². The van der Waals surface area contributed by atoms with Gasteiger partial charge in [0, 0.05) is 21.5 Å². The summed E-state index contributed by atoms with van der Waals surface area (Å²) in [4.78, 5) is 13.6. The fraction of sp³-hybridized carbons (Fsp3) is 0.353. The number of nitrogens with one attached hydrogen (secondary N) is 1. The molecule has 25 heavy (non-hydrogen) atoms. The summed E-state index contributed by atoms with van der Waals surface area (Å²) in [5.74, 6) is -0.391. The molecule has 0 saturated heterocycles. The van der Waals surface area contributed by atoms with Crippen molar-refractivity contribution in [3.63, 3.8) is 0 Å². The molecule has 1 amide bonds. The van der Waals surface area contributed by atoms with Crippen LogP contribution in [0.5, 0.6) is 0 Å². The topological polar surface area (TPSA) is 63.2 Å². The predicted molar refractivity (Wildman–Crippen MR) is 106 cm³/mol. The quantitative estimate of drug-likeness (QED) is 0.765. The minimum absolute atomic E-state index is 0.0780. The molecule has 0 spiro atoms. The largest absolute Gasteiger partial charge is 0.350 e. The lowest BCUT2D eigenvalue weighted by atomic mass is 10.2. The average molecular weight is 420 g/mol. The first-order valence-corrected chi connectivity index (χ1v) is 10.8. The second-order valence-corrected chi connectivity index (χ2v) is 11.3. The molecule has 0 saturated carbocycles. The van der Waals surface area contributed by atoms with Gasteiger partial charge in [0.1, 0.15) is 0 Å². The fourth-order valence-corrected chi connectivity index (χ4v) is 4.42. The number of benzene rings is 1. The minimum Gasteiger partial charge on any atom is -0.350 e. The van der Waals surface area contributed by atoms with Crippen LogP contribution >= 0.6 is 34.5 Å². The number of hydrogen-bond acceptors (Lipinski definition) is 4. The minimum atomic E-state index is -3.26. The molecule has 0 fully saturated rings. The summed E-state index contributed by atoms with van der Waals surface area (Å²) in [6.45, 7) is 5.01. The van der Waals surface area contributed by atoms with Crippen LogP contribution in [0.25, 0.3) is 10.4 Å². The summed E-state index contributed by atoms with van der Waals surface area (Å²) in [6, 6.07) is 8.70. The second kappa shape index (κ2) is 7.66. The zero-order chi connectivity index (χ0) is 18.8. The number of halogens is 2. The molecule has 8 heteroatoms. The molecule has 1 N–H and O–H groups in total. The number of rotatable bonds is 5. The molecule has 2 rings (SSSR count). The highest BCUT2D eigenvalue weighted by molar-refractivity contribution is 7.92. The van der Waals surface area contributed by atoms with Gasteiger partial charge in [-0.2, -0.15) is 0 Å². The van der Waals surface area contributed by atoms with Gasteiger partial charge in [-0.25, -0.2) is 8.42 Å². The lowest BCUT2D eigenvalue weighted by Crippen LogP contribution is -2.36. The summed E-state index contributed by atoms with van der Waals surface area (Å²) < 4.78 is 23.3. The van der Waals surface area contributed by atoms with Crippen molar-refractivity contribution in [2.45, 2.75) is 25.5 Å². The average Bonchev–Trinajstić information content (AvgIpc) is 2.94. The van der Waals surface area contributed by atoms with E-state index >= 15 is 0 Å². The van der Waals surface area contributed by atoms with E-state index in [0.717, 1.165) is 10.4 Å². The Morgan fingerprint density at radius 3 is 2.28 bits per heavy atom. The van der Waals surface area contributed by atoms with Crippen molar-refractivity contribution in [3.8, 4) is 10.4 Å². The van der Waals surface area contributed by atoms with Crippen LogP contribution in [-0.2, 0) is 9.84 Å². The predicted octanol–water partition coefficient (Wildman–Crippen LogP) is 4.67. The Morgan fingerprint density at radius 2 is 1.72 bits per heavy atom. The number of hydrogen-bond donors (Lipinski definition) is 1. The highest BCUT2D eigenvalue weighted by Gasteiger charge is 2.28. The SMILES string of the molecule is CC(C)(C)S(=O)(=O)CCNC(=O)c1ccc(-c2cc(Cl)cc(Cl)c2)s1. The molecule has 2 aromatic rings. The Morgan fingerprint density at radius 1 is 1.12 bits per heavy atom. The fourth-order valence-electron chi connectivity index (χ4n) is 2.00. The summed E-state index contributed by atoms with van der Waals surface area (Å²) in [5.41, 5.74) is 0.830. The molecule has 1 aromatic heterocycles. The van der Waals surface area contributed by atoms with E-state index in [1.54, 1.807) is 45.0 Å². The highest BCUT2D eigenvalue weighted by Crippen LogP contribution is 2.32. The van der Waals surface area contributed by atoms with Crippen LogP contribution in [0.4, 0.5) is 0 Å². The van der Waals surface area contributed by atoms with E-state index in [4.69, 9.17) is 23.2 Å². The highest BCUT2D eigenvalue weighted by atomic mass is 35.5. The molecule has 0 aliphatic heterocycles. The second-order valence-electron chi connectivity index (χ2n) is 6.51. The Hall–Kier alpha value is -1.08. The zero-order valence-electron chi connectivity index (χ0n) is 14.1. The van der Waals surface area contributed by atoms with Crippen molar-refractivity contribution in [2.75, 3.05) is 12.3 Å². The lowest BCUT2D eigenvalue weighted by Gasteiger charge is -2.19. The number of amides is 1. The van der Waals surface area contributed by atoms with E-state index in [2.05, 4.69) is 5.32 Å². The van der Waals surface area contributed by atoms with E-state index in [0.29, 0.717) is 14.9 Å². The van der Waals surface area contributed by atoms with Gasteiger partial charge < -0.3 is 5.32 Å². The Balaban J connectivity index is 2.04. The molecule has 0 bridgehead atoms. The third-order valence-corrected chi connectivity index (χ3v) is 7.74. The van der Waals surface area contributed by atoms with Crippen molar-refractivity contribution in [1.82, 2.24) is 5.32 Å². The maximum absolute atomic E-state index is 12.2. The van der Waals surface area contributed by atoms with E-state index in [-0.39, 0.29) is 18.2 Å². The van der Waals surface area contributed by atoms with Crippen LogP contribution in [0, 0.1) is 0 Å². The van der Waals surface area contributed by atoms with Gasteiger partial charge in [0.15, 0.2) is 9.84 Å².